The van der Waals surface area contributed by atoms with Crippen LogP contribution in [0.1, 0.15) is 10.4 Å². The van der Waals surface area contributed by atoms with Crippen molar-refractivity contribution >= 4 is 11.7 Å². The average Bonchev–Trinajstić information content (AvgIpc) is 2.29. The number of hydrogen-bond donors (Lipinski definition) is 1. The fourth-order valence-corrected chi connectivity index (χ4v) is 1.31. The smallest absolute Gasteiger partial charge is 0.257 e. The molecule has 86 valence electrons. The minimum atomic E-state index is -0.795. The molecule has 3 nitrogen and oxygen atoms in total. The van der Waals surface area contributed by atoms with Crippen LogP contribution < -0.4 is 5.32 Å². The molecule has 0 aliphatic heterocycles. The maximum Gasteiger partial charge on any atom is 0.257 e. The third-order valence-electron chi connectivity index (χ3n) is 2.03. The van der Waals surface area contributed by atoms with E-state index in [1.807, 2.05) is 0 Å². The lowest BCUT2D eigenvalue weighted by Gasteiger charge is -2.04. The van der Waals surface area contributed by atoms with Gasteiger partial charge in [-0.1, -0.05) is 6.07 Å². The first kappa shape index (κ1) is 11.2. The van der Waals surface area contributed by atoms with Gasteiger partial charge in [0.25, 0.3) is 5.91 Å². The van der Waals surface area contributed by atoms with E-state index in [2.05, 4.69) is 10.3 Å². The van der Waals surface area contributed by atoms with Crippen molar-refractivity contribution in [1.82, 2.24) is 4.98 Å². The summed E-state index contributed by atoms with van der Waals surface area (Å²) in [6, 6.07) is 7.58. The summed E-state index contributed by atoms with van der Waals surface area (Å²) < 4.78 is 25.8. The van der Waals surface area contributed by atoms with Gasteiger partial charge in [0.05, 0.1) is 0 Å². The number of pyridine rings is 1. The Balaban J connectivity index is 2.20. The van der Waals surface area contributed by atoms with E-state index >= 15 is 0 Å². The summed E-state index contributed by atoms with van der Waals surface area (Å²) in [7, 11) is 0. The highest BCUT2D eigenvalue weighted by atomic mass is 19.1. The minimum absolute atomic E-state index is 0.0897. The summed E-state index contributed by atoms with van der Waals surface area (Å²) >= 11 is 0. The standard InChI is InChI=1S/C12H8F2N2O/c13-9-5-8(6-10(14)7-9)12(17)16-11-3-1-2-4-15-11/h1-7H,(H,15,16,17). The Morgan fingerprint density at radius 1 is 1.12 bits per heavy atom. The fourth-order valence-electron chi connectivity index (χ4n) is 1.31. The highest BCUT2D eigenvalue weighted by Crippen LogP contribution is 2.10. The van der Waals surface area contributed by atoms with Crippen LogP contribution in [0, 0.1) is 11.6 Å². The molecule has 1 aromatic heterocycles. The summed E-state index contributed by atoms with van der Waals surface area (Å²) in [6.07, 6.45) is 1.50. The van der Waals surface area contributed by atoms with Crippen LogP contribution in [0.2, 0.25) is 0 Å². The Kier molecular flexibility index (Phi) is 3.09. The van der Waals surface area contributed by atoms with Gasteiger partial charge in [-0.25, -0.2) is 13.8 Å². The van der Waals surface area contributed by atoms with Gasteiger partial charge >= 0.3 is 0 Å². The molecule has 1 amide bonds. The first-order valence-electron chi connectivity index (χ1n) is 4.83. The van der Waals surface area contributed by atoms with E-state index in [4.69, 9.17) is 0 Å². The van der Waals surface area contributed by atoms with Crippen LogP contribution in [0.3, 0.4) is 0 Å². The third kappa shape index (κ3) is 2.84. The first-order valence-corrected chi connectivity index (χ1v) is 4.83. The number of carbonyl (C=O) groups is 1. The zero-order chi connectivity index (χ0) is 12.3. The van der Waals surface area contributed by atoms with Crippen molar-refractivity contribution in [2.24, 2.45) is 0 Å². The second kappa shape index (κ2) is 4.69. The summed E-state index contributed by atoms with van der Waals surface area (Å²) in [4.78, 5) is 15.5. The average molecular weight is 234 g/mol. The lowest BCUT2D eigenvalue weighted by atomic mass is 10.2. The van der Waals surface area contributed by atoms with Gasteiger partial charge in [0, 0.05) is 17.8 Å². The normalized spacial score (nSPS) is 10.0. The number of halogens is 2. The maximum absolute atomic E-state index is 12.9. The zero-order valence-electron chi connectivity index (χ0n) is 8.65. The Bertz CT molecular complexity index is 523. The SMILES string of the molecule is O=C(Nc1ccccn1)c1cc(F)cc(F)c1. The van der Waals surface area contributed by atoms with Gasteiger partial charge in [-0.05, 0) is 24.3 Å². The van der Waals surface area contributed by atoms with Crippen LogP contribution in [0.15, 0.2) is 42.6 Å². The molecule has 0 bridgehead atoms. The molecule has 0 aliphatic rings. The monoisotopic (exact) mass is 234 g/mol. The molecule has 0 aliphatic carbocycles. The Morgan fingerprint density at radius 2 is 1.82 bits per heavy atom. The van der Waals surface area contributed by atoms with Gasteiger partial charge in [-0.3, -0.25) is 4.79 Å². The molecule has 0 unspecified atom stereocenters. The number of anilines is 1. The second-order valence-electron chi connectivity index (χ2n) is 3.33. The van der Waals surface area contributed by atoms with Crippen molar-refractivity contribution in [1.29, 1.82) is 0 Å². The molecule has 1 N–H and O–H groups in total. The van der Waals surface area contributed by atoms with Crippen molar-refractivity contribution in [2.75, 3.05) is 5.32 Å². The molecule has 1 aromatic carbocycles. The molecule has 5 heteroatoms. The number of aromatic nitrogens is 1. The lowest BCUT2D eigenvalue weighted by molar-refractivity contribution is 0.102. The van der Waals surface area contributed by atoms with Crippen molar-refractivity contribution in [3.8, 4) is 0 Å². The third-order valence-corrected chi connectivity index (χ3v) is 2.03. The molecule has 2 aromatic rings. The van der Waals surface area contributed by atoms with E-state index in [9.17, 15) is 13.6 Å². The zero-order valence-corrected chi connectivity index (χ0v) is 8.65. The van der Waals surface area contributed by atoms with Crippen molar-refractivity contribution in [3.63, 3.8) is 0 Å². The van der Waals surface area contributed by atoms with Crippen LogP contribution in [0.5, 0.6) is 0 Å². The number of rotatable bonds is 2. The van der Waals surface area contributed by atoms with E-state index in [1.54, 1.807) is 18.2 Å². The van der Waals surface area contributed by atoms with Crippen molar-refractivity contribution in [2.45, 2.75) is 0 Å². The largest absolute Gasteiger partial charge is 0.307 e. The minimum Gasteiger partial charge on any atom is -0.307 e. The Hall–Kier alpha value is -2.30. The molecule has 0 saturated carbocycles. The Labute approximate surface area is 96.1 Å². The number of hydrogen-bond acceptors (Lipinski definition) is 2. The van der Waals surface area contributed by atoms with Crippen molar-refractivity contribution < 1.29 is 13.6 Å². The number of carbonyl (C=O) groups excluding carboxylic acids is 1. The molecule has 17 heavy (non-hydrogen) atoms. The molecular formula is C12H8F2N2O. The maximum atomic E-state index is 12.9. The second-order valence-corrected chi connectivity index (χ2v) is 3.33. The van der Waals surface area contributed by atoms with E-state index < -0.39 is 17.5 Å². The summed E-state index contributed by atoms with van der Waals surface area (Å²) in [6.45, 7) is 0. The number of amides is 1. The molecular weight excluding hydrogens is 226 g/mol. The van der Waals surface area contributed by atoms with E-state index in [0.29, 0.717) is 11.9 Å². The summed E-state index contributed by atoms with van der Waals surface area (Å²) in [5, 5.41) is 2.43. The first-order chi connectivity index (χ1) is 8.15. The van der Waals surface area contributed by atoms with Gasteiger partial charge in [-0.15, -0.1) is 0 Å². The van der Waals surface area contributed by atoms with Crippen LogP contribution in [-0.2, 0) is 0 Å². The number of nitrogens with one attached hydrogen (secondary N) is 1. The van der Waals surface area contributed by atoms with Crippen LogP contribution in [0.4, 0.5) is 14.6 Å². The molecule has 2 rings (SSSR count). The molecule has 0 atom stereocenters. The lowest BCUT2D eigenvalue weighted by Crippen LogP contribution is -2.13. The van der Waals surface area contributed by atoms with E-state index in [-0.39, 0.29) is 5.56 Å². The predicted molar refractivity (Wildman–Crippen MR) is 58.5 cm³/mol. The highest BCUT2D eigenvalue weighted by Gasteiger charge is 2.09. The van der Waals surface area contributed by atoms with Gasteiger partial charge in [-0.2, -0.15) is 0 Å². The number of benzene rings is 1. The Morgan fingerprint density at radius 3 is 2.41 bits per heavy atom. The molecule has 0 fully saturated rings. The van der Waals surface area contributed by atoms with E-state index in [1.165, 1.54) is 6.20 Å². The topological polar surface area (TPSA) is 42.0 Å². The molecule has 0 saturated heterocycles. The van der Waals surface area contributed by atoms with Crippen LogP contribution in [0.25, 0.3) is 0 Å². The van der Waals surface area contributed by atoms with Gasteiger partial charge < -0.3 is 5.32 Å². The van der Waals surface area contributed by atoms with Crippen LogP contribution in [-0.4, -0.2) is 10.9 Å². The van der Waals surface area contributed by atoms with E-state index in [0.717, 1.165) is 12.1 Å². The van der Waals surface area contributed by atoms with Gasteiger partial charge in [0.2, 0.25) is 0 Å². The highest BCUT2D eigenvalue weighted by molar-refractivity contribution is 6.03. The fraction of sp³-hybridized carbons (Fsp3) is 0. The van der Waals surface area contributed by atoms with Crippen LogP contribution >= 0.6 is 0 Å². The quantitative estimate of drug-likeness (QED) is 0.867. The predicted octanol–water partition coefficient (Wildman–Crippen LogP) is 2.61. The molecule has 1 heterocycles. The van der Waals surface area contributed by atoms with Crippen molar-refractivity contribution in [3.05, 3.63) is 59.8 Å². The molecule has 0 spiro atoms. The summed E-state index contributed by atoms with van der Waals surface area (Å²) in [5.74, 6) is -1.88. The van der Waals surface area contributed by atoms with Gasteiger partial charge in [0.15, 0.2) is 0 Å². The summed E-state index contributed by atoms with van der Waals surface area (Å²) in [5.41, 5.74) is -0.0897. The number of nitrogens with zero attached hydrogens (tertiary/aromatic N) is 1. The molecule has 0 radical (unpaired) electrons. The van der Waals surface area contributed by atoms with Gasteiger partial charge in [0.1, 0.15) is 17.5 Å².